The van der Waals surface area contributed by atoms with Crippen molar-refractivity contribution >= 4 is 35.0 Å². The van der Waals surface area contributed by atoms with Crippen LogP contribution in [0, 0.1) is 6.92 Å². The standard InChI is InChI=1S/C18H19Cl2N3O2/c1-11-7-8-14(19)13(10-11)17(25)23(18(2,3)4)22-16(24)12-6-5-9-21-15(12)20/h5-10H,1-4H3,(H,22,24). The fraction of sp³-hybridized carbons (Fsp3) is 0.278. The summed E-state index contributed by atoms with van der Waals surface area (Å²) >= 11 is 12.1. The maximum absolute atomic E-state index is 13.0. The first-order chi connectivity index (χ1) is 11.6. The number of aromatic nitrogens is 1. The Morgan fingerprint density at radius 2 is 1.80 bits per heavy atom. The second kappa shape index (κ2) is 7.42. The molecule has 2 rings (SSSR count). The number of nitrogens with one attached hydrogen (secondary N) is 1. The van der Waals surface area contributed by atoms with Gasteiger partial charge < -0.3 is 0 Å². The largest absolute Gasteiger partial charge is 0.274 e. The van der Waals surface area contributed by atoms with Crippen molar-refractivity contribution < 1.29 is 9.59 Å². The SMILES string of the molecule is Cc1ccc(Cl)c(C(=O)N(NC(=O)c2cccnc2Cl)C(C)(C)C)c1. The van der Waals surface area contributed by atoms with Crippen LogP contribution in [0.2, 0.25) is 10.2 Å². The van der Waals surface area contributed by atoms with Gasteiger partial charge >= 0.3 is 0 Å². The molecule has 0 bridgehead atoms. The molecule has 132 valence electrons. The van der Waals surface area contributed by atoms with E-state index in [1.165, 1.54) is 17.3 Å². The lowest BCUT2D eigenvalue weighted by Crippen LogP contribution is -2.56. The number of carbonyl (C=O) groups is 2. The molecule has 1 N–H and O–H groups in total. The summed E-state index contributed by atoms with van der Waals surface area (Å²) in [6.07, 6.45) is 1.48. The molecular weight excluding hydrogens is 361 g/mol. The average Bonchev–Trinajstić information content (AvgIpc) is 2.53. The summed E-state index contributed by atoms with van der Waals surface area (Å²) < 4.78 is 0. The number of carbonyl (C=O) groups excluding carboxylic acids is 2. The first kappa shape index (κ1) is 19.2. The van der Waals surface area contributed by atoms with Crippen molar-refractivity contribution in [3.8, 4) is 0 Å². The van der Waals surface area contributed by atoms with Crippen LogP contribution in [0.25, 0.3) is 0 Å². The van der Waals surface area contributed by atoms with Crippen LogP contribution in [0.3, 0.4) is 0 Å². The summed E-state index contributed by atoms with van der Waals surface area (Å²) in [4.78, 5) is 29.4. The Morgan fingerprint density at radius 3 is 2.40 bits per heavy atom. The van der Waals surface area contributed by atoms with E-state index in [0.717, 1.165) is 5.56 Å². The Morgan fingerprint density at radius 1 is 1.12 bits per heavy atom. The number of aryl methyl sites for hydroxylation is 1. The molecule has 0 atom stereocenters. The van der Waals surface area contributed by atoms with Crippen LogP contribution in [0.15, 0.2) is 36.5 Å². The van der Waals surface area contributed by atoms with Crippen LogP contribution in [0.5, 0.6) is 0 Å². The first-order valence-corrected chi connectivity index (χ1v) is 8.39. The van der Waals surface area contributed by atoms with Gasteiger partial charge in [0.15, 0.2) is 0 Å². The second-order valence-corrected chi connectivity index (χ2v) is 7.34. The number of halogens is 2. The maximum Gasteiger partial charge on any atom is 0.274 e. The molecule has 1 aromatic heterocycles. The van der Waals surface area contributed by atoms with Crippen LogP contribution in [0.1, 0.15) is 47.1 Å². The van der Waals surface area contributed by atoms with Crippen molar-refractivity contribution in [2.24, 2.45) is 0 Å². The highest BCUT2D eigenvalue weighted by molar-refractivity contribution is 6.34. The van der Waals surface area contributed by atoms with Crippen molar-refractivity contribution in [1.29, 1.82) is 0 Å². The average molecular weight is 380 g/mol. The van der Waals surface area contributed by atoms with Crippen LogP contribution in [0.4, 0.5) is 0 Å². The van der Waals surface area contributed by atoms with Crippen molar-refractivity contribution in [2.75, 3.05) is 0 Å². The Bertz CT molecular complexity index is 816. The van der Waals surface area contributed by atoms with E-state index in [0.29, 0.717) is 10.6 Å². The highest BCUT2D eigenvalue weighted by Crippen LogP contribution is 2.23. The van der Waals surface area contributed by atoms with E-state index in [-0.39, 0.29) is 10.7 Å². The molecular formula is C18H19Cl2N3O2. The second-order valence-electron chi connectivity index (χ2n) is 6.58. The minimum absolute atomic E-state index is 0.0647. The number of nitrogens with zero attached hydrogens (tertiary/aromatic N) is 2. The summed E-state index contributed by atoms with van der Waals surface area (Å²) in [7, 11) is 0. The lowest BCUT2D eigenvalue weighted by Gasteiger charge is -2.35. The fourth-order valence-electron chi connectivity index (χ4n) is 2.16. The smallest absolute Gasteiger partial charge is 0.267 e. The minimum atomic E-state index is -0.686. The number of amides is 2. The molecule has 0 unspecified atom stereocenters. The summed E-state index contributed by atoms with van der Waals surface area (Å²) in [5.74, 6) is -0.931. The zero-order chi connectivity index (χ0) is 18.8. The normalized spacial score (nSPS) is 11.1. The van der Waals surface area contributed by atoms with Crippen molar-refractivity contribution in [3.05, 3.63) is 63.4 Å². The molecule has 0 saturated heterocycles. The van der Waals surface area contributed by atoms with Gasteiger partial charge in [0.2, 0.25) is 0 Å². The zero-order valence-electron chi connectivity index (χ0n) is 14.4. The molecule has 25 heavy (non-hydrogen) atoms. The molecule has 0 aliphatic heterocycles. The third-order valence-corrected chi connectivity index (χ3v) is 4.07. The van der Waals surface area contributed by atoms with Crippen molar-refractivity contribution in [3.63, 3.8) is 0 Å². The molecule has 0 radical (unpaired) electrons. The van der Waals surface area contributed by atoms with E-state index in [4.69, 9.17) is 23.2 Å². The van der Waals surface area contributed by atoms with E-state index in [2.05, 4.69) is 10.4 Å². The van der Waals surface area contributed by atoms with Crippen molar-refractivity contribution in [2.45, 2.75) is 33.2 Å². The predicted octanol–water partition coefficient (Wildman–Crippen LogP) is 4.28. The number of benzene rings is 1. The molecule has 5 nitrogen and oxygen atoms in total. The molecule has 0 fully saturated rings. The molecule has 1 heterocycles. The summed E-state index contributed by atoms with van der Waals surface area (Å²) in [6.45, 7) is 7.28. The van der Waals surface area contributed by atoms with E-state index >= 15 is 0 Å². The van der Waals surface area contributed by atoms with E-state index in [1.54, 1.807) is 39.0 Å². The monoisotopic (exact) mass is 379 g/mol. The number of rotatable bonds is 2. The number of hydrogen-bond acceptors (Lipinski definition) is 3. The van der Waals surface area contributed by atoms with Crippen LogP contribution in [-0.2, 0) is 0 Å². The van der Waals surface area contributed by atoms with Gasteiger partial charge in [-0.1, -0.05) is 34.8 Å². The Labute approximate surface area is 156 Å². The number of pyridine rings is 1. The third kappa shape index (κ3) is 4.50. The molecule has 7 heteroatoms. The fourth-order valence-corrected chi connectivity index (χ4v) is 2.57. The first-order valence-electron chi connectivity index (χ1n) is 7.63. The topological polar surface area (TPSA) is 62.3 Å². The Hall–Kier alpha value is -2.11. The van der Waals surface area contributed by atoms with E-state index < -0.39 is 17.4 Å². The number of hydrogen-bond donors (Lipinski definition) is 1. The summed E-state index contributed by atoms with van der Waals surface area (Å²) in [5, 5.41) is 1.63. The van der Waals surface area contributed by atoms with E-state index in [9.17, 15) is 9.59 Å². The lowest BCUT2D eigenvalue weighted by molar-refractivity contribution is 0.0358. The van der Waals surface area contributed by atoms with E-state index in [1.807, 2.05) is 13.0 Å². The minimum Gasteiger partial charge on any atom is -0.267 e. The van der Waals surface area contributed by atoms with Crippen molar-refractivity contribution in [1.82, 2.24) is 15.4 Å². The van der Waals surface area contributed by atoms with Gasteiger partial charge in [-0.3, -0.25) is 15.0 Å². The summed E-state index contributed by atoms with van der Waals surface area (Å²) in [6, 6.07) is 8.29. The molecule has 0 aliphatic rings. The Kier molecular flexibility index (Phi) is 5.70. The van der Waals surface area contributed by atoms with Gasteiger partial charge in [-0.15, -0.1) is 0 Å². The predicted molar refractivity (Wildman–Crippen MR) is 98.8 cm³/mol. The van der Waals surface area contributed by atoms with Crippen LogP contribution >= 0.6 is 23.2 Å². The molecule has 0 aliphatic carbocycles. The zero-order valence-corrected chi connectivity index (χ0v) is 15.9. The molecule has 0 saturated carbocycles. The van der Waals surface area contributed by atoms with Gasteiger partial charge in [-0.25, -0.2) is 9.99 Å². The molecule has 0 spiro atoms. The maximum atomic E-state index is 13.0. The van der Waals surface area contributed by atoms with Gasteiger partial charge in [0, 0.05) is 6.20 Å². The van der Waals surface area contributed by atoms with Crippen LogP contribution in [-0.4, -0.2) is 27.3 Å². The lowest BCUT2D eigenvalue weighted by atomic mass is 10.1. The van der Waals surface area contributed by atoms with Gasteiger partial charge in [0.25, 0.3) is 11.8 Å². The molecule has 2 aromatic rings. The highest BCUT2D eigenvalue weighted by Gasteiger charge is 2.31. The Balaban J connectivity index is 2.37. The van der Waals surface area contributed by atoms with Gasteiger partial charge in [-0.05, 0) is 52.0 Å². The van der Waals surface area contributed by atoms with Gasteiger partial charge in [-0.2, -0.15) is 0 Å². The third-order valence-electron chi connectivity index (χ3n) is 3.44. The van der Waals surface area contributed by atoms with Gasteiger partial charge in [0.1, 0.15) is 5.15 Å². The van der Waals surface area contributed by atoms with Gasteiger partial charge in [0.05, 0.1) is 21.7 Å². The number of hydrazine groups is 1. The molecule has 2 amide bonds. The summed E-state index contributed by atoms with van der Waals surface area (Å²) in [5.41, 5.74) is 3.32. The quantitative estimate of drug-likeness (QED) is 0.625. The molecule has 1 aromatic carbocycles. The van der Waals surface area contributed by atoms with Crippen LogP contribution < -0.4 is 5.43 Å². The highest BCUT2D eigenvalue weighted by atomic mass is 35.5.